The van der Waals surface area contributed by atoms with Gasteiger partial charge in [0.25, 0.3) is 5.69 Å². The Bertz CT molecular complexity index is 594. The molecule has 19 heavy (non-hydrogen) atoms. The molecular weight excluding hydrogens is 269 g/mol. The molecule has 0 spiro atoms. The van der Waals surface area contributed by atoms with Crippen LogP contribution in [0.3, 0.4) is 0 Å². The molecule has 7 nitrogen and oxygen atoms in total. The number of ether oxygens (including phenoxy) is 1. The second-order valence-electron chi connectivity index (χ2n) is 3.33. The highest BCUT2D eigenvalue weighted by atomic mass is 19.4. The van der Waals surface area contributed by atoms with Gasteiger partial charge in [-0.25, -0.2) is 4.98 Å². The van der Waals surface area contributed by atoms with Crippen molar-refractivity contribution in [1.29, 1.82) is 0 Å². The van der Waals surface area contributed by atoms with Gasteiger partial charge in [-0.15, -0.1) is 5.10 Å². The molecular formula is C9H5F3N4O3. The first kappa shape index (κ1) is 12.8. The third-order valence-electron chi connectivity index (χ3n) is 2.00. The van der Waals surface area contributed by atoms with Crippen molar-refractivity contribution in [3.05, 3.63) is 40.2 Å². The molecule has 2 heterocycles. The summed E-state index contributed by atoms with van der Waals surface area (Å²) in [6.45, 7) is 0. The predicted octanol–water partition coefficient (Wildman–Crippen LogP) is 2.52. The Hall–Kier alpha value is -2.65. The van der Waals surface area contributed by atoms with Gasteiger partial charge in [-0.2, -0.15) is 13.2 Å². The van der Waals surface area contributed by atoms with E-state index in [2.05, 4.69) is 10.1 Å². The van der Waals surface area contributed by atoms with E-state index in [1.165, 1.54) is 0 Å². The van der Waals surface area contributed by atoms with Crippen LogP contribution in [-0.2, 0) is 6.18 Å². The molecule has 2 aromatic rings. The van der Waals surface area contributed by atoms with E-state index in [4.69, 9.17) is 4.74 Å². The van der Waals surface area contributed by atoms with Crippen molar-refractivity contribution in [1.82, 2.24) is 15.2 Å². The summed E-state index contributed by atoms with van der Waals surface area (Å²) in [7, 11) is 0. The summed E-state index contributed by atoms with van der Waals surface area (Å²) in [4.78, 5) is 13.3. The number of hydrogen-bond donors (Lipinski definition) is 1. The van der Waals surface area contributed by atoms with Crippen LogP contribution in [0.5, 0.6) is 11.8 Å². The Morgan fingerprint density at radius 1 is 1.32 bits per heavy atom. The summed E-state index contributed by atoms with van der Waals surface area (Å²) in [5.41, 5.74) is -1.32. The highest BCUT2D eigenvalue weighted by molar-refractivity contribution is 5.30. The average Bonchev–Trinajstić information content (AvgIpc) is 2.78. The Labute approximate surface area is 103 Å². The van der Waals surface area contributed by atoms with Crippen molar-refractivity contribution in [2.24, 2.45) is 0 Å². The third-order valence-corrected chi connectivity index (χ3v) is 2.00. The first-order valence-corrected chi connectivity index (χ1v) is 4.77. The number of pyridine rings is 1. The molecule has 0 unspecified atom stereocenters. The van der Waals surface area contributed by atoms with Crippen LogP contribution >= 0.6 is 0 Å². The number of nitrogens with zero attached hydrogens (tertiary/aromatic N) is 3. The second kappa shape index (κ2) is 4.55. The largest absolute Gasteiger partial charge is 0.432 e. The first-order valence-electron chi connectivity index (χ1n) is 4.77. The van der Waals surface area contributed by atoms with Crippen LogP contribution in [0.25, 0.3) is 0 Å². The second-order valence-corrected chi connectivity index (χ2v) is 3.33. The maximum atomic E-state index is 12.3. The Kier molecular flexibility index (Phi) is 3.07. The van der Waals surface area contributed by atoms with Gasteiger partial charge in [0, 0.05) is 18.2 Å². The molecule has 0 saturated carbocycles. The van der Waals surface area contributed by atoms with E-state index in [9.17, 15) is 23.3 Å². The molecule has 0 aromatic carbocycles. The number of hydrogen-bond acceptors (Lipinski definition) is 5. The van der Waals surface area contributed by atoms with Crippen LogP contribution in [0.2, 0.25) is 0 Å². The van der Waals surface area contributed by atoms with Crippen molar-refractivity contribution >= 4 is 5.69 Å². The van der Waals surface area contributed by atoms with Crippen molar-refractivity contribution in [3.63, 3.8) is 0 Å². The number of aromatic nitrogens is 3. The van der Waals surface area contributed by atoms with Gasteiger partial charge in [-0.05, 0) is 0 Å². The minimum atomic E-state index is -4.56. The minimum absolute atomic E-state index is 0.106. The SMILES string of the molecule is O=[N+]([O-])c1ccc(Oc2cc(C(F)(F)F)[nH]n2)nc1. The van der Waals surface area contributed by atoms with E-state index < -0.39 is 16.8 Å². The topological polar surface area (TPSA) is 93.9 Å². The number of aromatic amines is 1. The number of halogens is 3. The molecule has 0 amide bonds. The van der Waals surface area contributed by atoms with E-state index in [0.717, 1.165) is 18.3 Å². The summed E-state index contributed by atoms with van der Waals surface area (Å²) >= 11 is 0. The lowest BCUT2D eigenvalue weighted by atomic mass is 10.4. The zero-order chi connectivity index (χ0) is 14.0. The molecule has 0 fully saturated rings. The fourth-order valence-electron chi connectivity index (χ4n) is 1.15. The zero-order valence-electron chi connectivity index (χ0n) is 9.01. The summed E-state index contributed by atoms with van der Waals surface area (Å²) in [5.74, 6) is -0.445. The Morgan fingerprint density at radius 2 is 2.05 bits per heavy atom. The Balaban J connectivity index is 2.13. The van der Waals surface area contributed by atoms with Crippen LogP contribution in [0.4, 0.5) is 18.9 Å². The van der Waals surface area contributed by atoms with E-state index in [-0.39, 0.29) is 17.4 Å². The monoisotopic (exact) mass is 274 g/mol. The van der Waals surface area contributed by atoms with Gasteiger partial charge in [-0.3, -0.25) is 15.2 Å². The van der Waals surface area contributed by atoms with Crippen molar-refractivity contribution in [3.8, 4) is 11.8 Å². The maximum Gasteiger partial charge on any atom is 0.432 e. The molecule has 10 heteroatoms. The van der Waals surface area contributed by atoms with Crippen LogP contribution in [0.15, 0.2) is 24.4 Å². The predicted molar refractivity (Wildman–Crippen MR) is 54.6 cm³/mol. The van der Waals surface area contributed by atoms with Crippen LogP contribution in [0.1, 0.15) is 5.69 Å². The molecule has 0 bridgehead atoms. The van der Waals surface area contributed by atoms with Gasteiger partial charge in [0.15, 0.2) is 0 Å². The van der Waals surface area contributed by atoms with Gasteiger partial charge in [-0.1, -0.05) is 0 Å². The van der Waals surface area contributed by atoms with Crippen LogP contribution < -0.4 is 4.74 Å². The normalized spacial score (nSPS) is 11.3. The van der Waals surface area contributed by atoms with Crippen LogP contribution in [-0.4, -0.2) is 20.1 Å². The van der Waals surface area contributed by atoms with E-state index in [1.807, 2.05) is 0 Å². The van der Waals surface area contributed by atoms with Gasteiger partial charge >= 0.3 is 6.18 Å². The molecule has 0 atom stereocenters. The lowest BCUT2D eigenvalue weighted by molar-refractivity contribution is -0.385. The molecule has 0 radical (unpaired) electrons. The Morgan fingerprint density at radius 3 is 2.53 bits per heavy atom. The molecule has 100 valence electrons. The number of rotatable bonds is 3. The highest BCUT2D eigenvalue weighted by Crippen LogP contribution is 2.30. The summed E-state index contributed by atoms with van der Waals surface area (Å²) in [6, 6.07) is 2.92. The molecule has 0 aliphatic heterocycles. The van der Waals surface area contributed by atoms with Crippen molar-refractivity contribution < 1.29 is 22.8 Å². The van der Waals surface area contributed by atoms with Crippen LogP contribution in [0, 0.1) is 10.1 Å². The first-order chi connectivity index (χ1) is 8.86. The molecule has 2 rings (SSSR count). The minimum Gasteiger partial charge on any atom is -0.419 e. The van der Waals surface area contributed by atoms with Crippen molar-refractivity contribution in [2.75, 3.05) is 0 Å². The highest BCUT2D eigenvalue weighted by Gasteiger charge is 2.33. The molecule has 0 aliphatic rings. The fraction of sp³-hybridized carbons (Fsp3) is 0.111. The quantitative estimate of drug-likeness (QED) is 0.685. The number of H-pyrrole nitrogens is 1. The number of nitrogens with one attached hydrogen (secondary N) is 1. The lowest BCUT2D eigenvalue weighted by Crippen LogP contribution is -2.04. The molecule has 2 aromatic heterocycles. The molecule has 1 N–H and O–H groups in total. The van der Waals surface area contributed by atoms with Gasteiger partial charge in [0.05, 0.1) is 4.92 Å². The number of nitro groups is 1. The number of alkyl halides is 3. The molecule has 0 saturated heterocycles. The van der Waals surface area contributed by atoms with Gasteiger partial charge in [0.1, 0.15) is 11.9 Å². The van der Waals surface area contributed by atoms with Crippen molar-refractivity contribution in [2.45, 2.75) is 6.18 Å². The van der Waals surface area contributed by atoms with E-state index in [1.54, 1.807) is 5.10 Å². The lowest BCUT2D eigenvalue weighted by Gasteiger charge is -2.00. The fourth-order valence-corrected chi connectivity index (χ4v) is 1.15. The average molecular weight is 274 g/mol. The third kappa shape index (κ3) is 2.97. The zero-order valence-corrected chi connectivity index (χ0v) is 9.01. The molecule has 0 aliphatic carbocycles. The van der Waals surface area contributed by atoms with E-state index in [0.29, 0.717) is 6.07 Å². The van der Waals surface area contributed by atoms with Gasteiger partial charge < -0.3 is 4.74 Å². The van der Waals surface area contributed by atoms with E-state index >= 15 is 0 Å². The maximum absolute atomic E-state index is 12.3. The summed E-state index contributed by atoms with van der Waals surface area (Å²) in [5, 5.41) is 15.4. The standard InChI is InChI=1S/C9H5F3N4O3/c10-9(11,12)6-3-8(15-14-6)19-7-2-1-5(4-13-7)16(17)18/h1-4H,(H,14,15). The van der Waals surface area contributed by atoms with Gasteiger partial charge in [0.2, 0.25) is 11.8 Å². The summed E-state index contributed by atoms with van der Waals surface area (Å²) < 4.78 is 41.7. The smallest absolute Gasteiger partial charge is 0.419 e. The summed E-state index contributed by atoms with van der Waals surface area (Å²) in [6.07, 6.45) is -3.63.